The van der Waals surface area contributed by atoms with Crippen LogP contribution in [-0.4, -0.2) is 37.2 Å². The summed E-state index contributed by atoms with van der Waals surface area (Å²) in [5, 5.41) is 0. The Kier molecular flexibility index (Phi) is 5.11. The van der Waals surface area contributed by atoms with E-state index < -0.39 is 0 Å². The van der Waals surface area contributed by atoms with Gasteiger partial charge in [-0.05, 0) is 74.5 Å². The van der Waals surface area contributed by atoms with Crippen LogP contribution in [0.3, 0.4) is 0 Å². The van der Waals surface area contributed by atoms with E-state index in [0.717, 1.165) is 44.0 Å². The number of aryl methyl sites for hydroxylation is 1. The first-order valence-electron chi connectivity index (χ1n) is 9.68. The van der Waals surface area contributed by atoms with Crippen LogP contribution in [0.5, 0.6) is 11.5 Å². The topological polar surface area (TPSA) is 34.6 Å². The maximum absolute atomic E-state index is 5.68. The van der Waals surface area contributed by atoms with Crippen molar-refractivity contribution >= 4 is 0 Å². The minimum Gasteiger partial charge on any atom is -0.496 e. The molecule has 0 unspecified atom stereocenters. The largest absolute Gasteiger partial charge is 0.496 e. The third-order valence-corrected chi connectivity index (χ3v) is 5.96. The fraction of sp³-hybridized carbons (Fsp3) is 0.500. The molecule has 2 aliphatic rings. The lowest BCUT2D eigenvalue weighted by molar-refractivity contribution is 0.200. The van der Waals surface area contributed by atoms with Crippen LogP contribution in [0.25, 0.3) is 0 Å². The van der Waals surface area contributed by atoms with Gasteiger partial charge in [-0.15, -0.1) is 0 Å². The summed E-state index contributed by atoms with van der Waals surface area (Å²) >= 11 is 0. The summed E-state index contributed by atoms with van der Waals surface area (Å²) < 4.78 is 10.9. The standard InChI is InChI=1S/C22H28N2O2/c1-25-18-7-8-21(23-14-18)17-10-12-24(13-11-17)15-20-19-5-3-4-16(19)6-9-22(20)26-2/h6-9,14,17H,3-5,10-13,15H2,1-2H3. The first-order valence-corrected chi connectivity index (χ1v) is 9.68. The average Bonchev–Trinajstić information content (AvgIpc) is 3.18. The van der Waals surface area contributed by atoms with Crippen LogP contribution in [-0.2, 0) is 19.4 Å². The van der Waals surface area contributed by atoms with E-state index in [-0.39, 0.29) is 0 Å². The van der Waals surface area contributed by atoms with Crippen molar-refractivity contribution in [3.63, 3.8) is 0 Å². The zero-order valence-electron chi connectivity index (χ0n) is 15.8. The van der Waals surface area contributed by atoms with Crippen molar-refractivity contribution in [1.29, 1.82) is 0 Å². The number of aromatic nitrogens is 1. The van der Waals surface area contributed by atoms with Gasteiger partial charge >= 0.3 is 0 Å². The number of pyridine rings is 1. The molecule has 0 radical (unpaired) electrons. The second-order valence-electron chi connectivity index (χ2n) is 7.41. The van der Waals surface area contributed by atoms with Crippen LogP contribution < -0.4 is 9.47 Å². The molecule has 26 heavy (non-hydrogen) atoms. The fourth-order valence-electron chi connectivity index (χ4n) is 4.45. The molecule has 2 heterocycles. The Morgan fingerprint density at radius 2 is 1.88 bits per heavy atom. The summed E-state index contributed by atoms with van der Waals surface area (Å²) in [4.78, 5) is 7.17. The van der Waals surface area contributed by atoms with Gasteiger partial charge in [0.1, 0.15) is 11.5 Å². The zero-order chi connectivity index (χ0) is 17.9. The molecule has 1 aliphatic carbocycles. The van der Waals surface area contributed by atoms with Crippen LogP contribution >= 0.6 is 0 Å². The number of nitrogens with zero attached hydrogens (tertiary/aromatic N) is 2. The van der Waals surface area contributed by atoms with Gasteiger partial charge in [-0.2, -0.15) is 0 Å². The predicted molar refractivity (Wildman–Crippen MR) is 103 cm³/mol. The fourth-order valence-corrected chi connectivity index (χ4v) is 4.45. The van der Waals surface area contributed by atoms with Crippen LogP contribution in [0.1, 0.15) is 47.6 Å². The van der Waals surface area contributed by atoms with E-state index in [1.165, 1.54) is 36.1 Å². The molecule has 138 valence electrons. The SMILES string of the molecule is COc1ccc(C2CCN(Cc3c(OC)ccc4c3CCC4)CC2)nc1. The second-order valence-corrected chi connectivity index (χ2v) is 7.41. The Morgan fingerprint density at radius 3 is 2.58 bits per heavy atom. The number of rotatable bonds is 5. The van der Waals surface area contributed by atoms with E-state index in [4.69, 9.17) is 9.47 Å². The average molecular weight is 352 g/mol. The van der Waals surface area contributed by atoms with Gasteiger partial charge in [-0.25, -0.2) is 0 Å². The summed E-state index contributed by atoms with van der Waals surface area (Å²) in [6.07, 6.45) is 7.86. The molecular weight excluding hydrogens is 324 g/mol. The van der Waals surface area contributed by atoms with Gasteiger partial charge in [-0.3, -0.25) is 9.88 Å². The van der Waals surface area contributed by atoms with Gasteiger partial charge in [0.25, 0.3) is 0 Å². The minimum absolute atomic E-state index is 0.556. The van der Waals surface area contributed by atoms with Gasteiger partial charge in [0.15, 0.2) is 0 Å². The van der Waals surface area contributed by atoms with Gasteiger partial charge in [-0.1, -0.05) is 6.07 Å². The minimum atomic E-state index is 0.556. The number of benzene rings is 1. The number of piperidine rings is 1. The summed E-state index contributed by atoms with van der Waals surface area (Å²) in [6, 6.07) is 8.55. The molecule has 0 N–H and O–H groups in total. The Labute approximate surface area is 156 Å². The Balaban J connectivity index is 1.42. The van der Waals surface area contributed by atoms with E-state index in [1.807, 2.05) is 12.3 Å². The van der Waals surface area contributed by atoms with Crippen molar-refractivity contribution in [3.8, 4) is 11.5 Å². The lowest BCUT2D eigenvalue weighted by atomic mass is 9.92. The quantitative estimate of drug-likeness (QED) is 0.816. The molecule has 4 heteroatoms. The summed E-state index contributed by atoms with van der Waals surface area (Å²) in [6.45, 7) is 3.24. The van der Waals surface area contributed by atoms with E-state index in [0.29, 0.717) is 5.92 Å². The van der Waals surface area contributed by atoms with E-state index in [1.54, 1.807) is 19.8 Å². The Bertz CT molecular complexity index is 749. The normalized spacial score (nSPS) is 17.9. The van der Waals surface area contributed by atoms with Crippen LogP contribution in [0.2, 0.25) is 0 Å². The number of fused-ring (bicyclic) bond motifs is 1. The van der Waals surface area contributed by atoms with Gasteiger partial charge < -0.3 is 9.47 Å². The van der Waals surface area contributed by atoms with Crippen LogP contribution in [0.4, 0.5) is 0 Å². The molecule has 0 amide bonds. The third-order valence-electron chi connectivity index (χ3n) is 5.96. The van der Waals surface area contributed by atoms with E-state index in [9.17, 15) is 0 Å². The monoisotopic (exact) mass is 352 g/mol. The first-order chi connectivity index (χ1) is 12.8. The van der Waals surface area contributed by atoms with Crippen LogP contribution in [0.15, 0.2) is 30.5 Å². The van der Waals surface area contributed by atoms with Gasteiger partial charge in [0, 0.05) is 23.7 Å². The van der Waals surface area contributed by atoms with E-state index >= 15 is 0 Å². The molecule has 1 aliphatic heterocycles. The van der Waals surface area contributed by atoms with Crippen molar-refractivity contribution in [2.24, 2.45) is 0 Å². The van der Waals surface area contributed by atoms with E-state index in [2.05, 4.69) is 28.1 Å². The third kappa shape index (κ3) is 3.43. The summed E-state index contributed by atoms with van der Waals surface area (Å²) in [7, 11) is 3.48. The number of likely N-dealkylation sites (tertiary alicyclic amines) is 1. The molecular formula is C22H28N2O2. The maximum Gasteiger partial charge on any atom is 0.137 e. The molecule has 0 spiro atoms. The predicted octanol–water partition coefficient (Wildman–Crippen LogP) is 3.97. The Morgan fingerprint density at radius 1 is 1.04 bits per heavy atom. The molecule has 4 nitrogen and oxygen atoms in total. The van der Waals surface area contributed by atoms with Crippen molar-refractivity contribution in [1.82, 2.24) is 9.88 Å². The lowest BCUT2D eigenvalue weighted by Crippen LogP contribution is -2.33. The molecule has 4 rings (SSSR count). The summed E-state index contributed by atoms with van der Waals surface area (Å²) in [5.74, 6) is 2.45. The second kappa shape index (κ2) is 7.67. The molecule has 0 atom stereocenters. The number of methoxy groups -OCH3 is 2. The number of hydrogen-bond donors (Lipinski definition) is 0. The lowest BCUT2D eigenvalue weighted by Gasteiger charge is -2.32. The van der Waals surface area contributed by atoms with Crippen molar-refractivity contribution in [2.45, 2.75) is 44.6 Å². The highest BCUT2D eigenvalue weighted by molar-refractivity contribution is 5.47. The van der Waals surface area contributed by atoms with Crippen molar-refractivity contribution < 1.29 is 9.47 Å². The molecule has 0 saturated carbocycles. The molecule has 1 aromatic heterocycles. The molecule has 2 aromatic rings. The number of ether oxygens (including phenoxy) is 2. The van der Waals surface area contributed by atoms with Gasteiger partial charge in [0.2, 0.25) is 0 Å². The van der Waals surface area contributed by atoms with Gasteiger partial charge in [0.05, 0.1) is 20.4 Å². The number of hydrogen-bond acceptors (Lipinski definition) is 4. The highest BCUT2D eigenvalue weighted by Crippen LogP contribution is 2.34. The first kappa shape index (κ1) is 17.3. The van der Waals surface area contributed by atoms with Crippen LogP contribution in [0, 0.1) is 0 Å². The Hall–Kier alpha value is -2.07. The summed E-state index contributed by atoms with van der Waals surface area (Å²) in [5.41, 5.74) is 5.69. The zero-order valence-corrected chi connectivity index (χ0v) is 15.8. The maximum atomic E-state index is 5.68. The van der Waals surface area contributed by atoms with Crippen molar-refractivity contribution in [3.05, 3.63) is 52.8 Å². The molecule has 1 aromatic carbocycles. The smallest absolute Gasteiger partial charge is 0.137 e. The highest BCUT2D eigenvalue weighted by Gasteiger charge is 2.25. The molecule has 1 saturated heterocycles. The highest BCUT2D eigenvalue weighted by atomic mass is 16.5. The van der Waals surface area contributed by atoms with Crippen molar-refractivity contribution in [2.75, 3.05) is 27.3 Å². The molecule has 0 bridgehead atoms. The molecule has 1 fully saturated rings.